The Morgan fingerprint density at radius 2 is 1.81 bits per heavy atom. The lowest BCUT2D eigenvalue weighted by molar-refractivity contribution is -0.142. The molecule has 1 amide bonds. The maximum atomic E-state index is 11.3. The standard InChI is InChI=1S/C11H19NO4/c1-4-8(13)5-6-9(11(15)16)12-10(14)7(2)3/h7,9H,4-6H2,1-3H3,(H,12,14)(H,15,16)/t9-/m1/s1. The molecule has 0 aromatic carbocycles. The van der Waals surface area contributed by atoms with Gasteiger partial charge >= 0.3 is 5.97 Å². The van der Waals surface area contributed by atoms with E-state index in [1.807, 2.05) is 0 Å². The van der Waals surface area contributed by atoms with Crippen LogP contribution in [0.4, 0.5) is 0 Å². The van der Waals surface area contributed by atoms with Gasteiger partial charge in [0.25, 0.3) is 0 Å². The summed E-state index contributed by atoms with van der Waals surface area (Å²) in [7, 11) is 0. The van der Waals surface area contributed by atoms with Crippen LogP contribution in [-0.4, -0.2) is 28.8 Å². The number of hydrogen-bond donors (Lipinski definition) is 2. The lowest BCUT2D eigenvalue weighted by Crippen LogP contribution is -2.42. The number of carboxylic acid groups (broad SMARTS) is 1. The molecule has 1 atom stereocenters. The predicted octanol–water partition coefficient (Wildman–Crippen LogP) is 0.971. The molecule has 0 saturated carbocycles. The first-order valence-corrected chi connectivity index (χ1v) is 5.43. The largest absolute Gasteiger partial charge is 0.480 e. The van der Waals surface area contributed by atoms with Crippen LogP contribution in [0.25, 0.3) is 0 Å². The molecule has 0 aliphatic rings. The molecule has 0 heterocycles. The fraction of sp³-hybridized carbons (Fsp3) is 0.727. The smallest absolute Gasteiger partial charge is 0.326 e. The molecular formula is C11H19NO4. The van der Waals surface area contributed by atoms with Gasteiger partial charge in [-0.2, -0.15) is 0 Å². The van der Waals surface area contributed by atoms with E-state index in [-0.39, 0.29) is 30.4 Å². The van der Waals surface area contributed by atoms with E-state index in [4.69, 9.17) is 5.11 Å². The Labute approximate surface area is 95.2 Å². The van der Waals surface area contributed by atoms with E-state index in [0.29, 0.717) is 6.42 Å². The molecule has 5 heteroatoms. The number of ketones is 1. The van der Waals surface area contributed by atoms with Gasteiger partial charge in [0.15, 0.2) is 0 Å². The van der Waals surface area contributed by atoms with Crippen molar-refractivity contribution in [2.75, 3.05) is 0 Å². The summed E-state index contributed by atoms with van der Waals surface area (Å²) < 4.78 is 0. The molecule has 0 aromatic heterocycles. The van der Waals surface area contributed by atoms with Gasteiger partial charge in [0, 0.05) is 18.8 Å². The van der Waals surface area contributed by atoms with Crippen LogP contribution in [0.15, 0.2) is 0 Å². The molecule has 0 aliphatic carbocycles. The molecule has 0 rings (SSSR count). The van der Waals surface area contributed by atoms with Crippen molar-refractivity contribution in [2.45, 2.75) is 46.1 Å². The molecule has 0 radical (unpaired) electrons. The van der Waals surface area contributed by atoms with E-state index in [0.717, 1.165) is 0 Å². The number of hydrogen-bond acceptors (Lipinski definition) is 3. The highest BCUT2D eigenvalue weighted by atomic mass is 16.4. The van der Waals surface area contributed by atoms with Crippen molar-refractivity contribution in [1.82, 2.24) is 5.32 Å². The van der Waals surface area contributed by atoms with Crippen molar-refractivity contribution in [1.29, 1.82) is 0 Å². The van der Waals surface area contributed by atoms with Crippen LogP contribution in [0.1, 0.15) is 40.0 Å². The summed E-state index contributed by atoms with van der Waals surface area (Å²) in [4.78, 5) is 33.2. The highest BCUT2D eigenvalue weighted by Crippen LogP contribution is 2.02. The summed E-state index contributed by atoms with van der Waals surface area (Å²) >= 11 is 0. The number of aliphatic carboxylic acids is 1. The minimum atomic E-state index is -1.10. The molecule has 0 unspecified atom stereocenters. The van der Waals surface area contributed by atoms with Crippen molar-refractivity contribution in [3.63, 3.8) is 0 Å². The minimum absolute atomic E-state index is 0.00467. The summed E-state index contributed by atoms with van der Waals surface area (Å²) in [6, 6.07) is -0.967. The molecule has 5 nitrogen and oxygen atoms in total. The Hall–Kier alpha value is -1.39. The summed E-state index contributed by atoms with van der Waals surface area (Å²) in [5.41, 5.74) is 0. The third-order valence-corrected chi connectivity index (χ3v) is 2.25. The number of amides is 1. The summed E-state index contributed by atoms with van der Waals surface area (Å²) in [5.74, 6) is -1.66. The van der Waals surface area contributed by atoms with Crippen molar-refractivity contribution in [3.8, 4) is 0 Å². The monoisotopic (exact) mass is 229 g/mol. The molecule has 0 fully saturated rings. The van der Waals surface area contributed by atoms with E-state index >= 15 is 0 Å². The molecule has 0 aliphatic heterocycles. The van der Waals surface area contributed by atoms with Gasteiger partial charge in [-0.3, -0.25) is 9.59 Å². The van der Waals surface area contributed by atoms with Crippen LogP contribution < -0.4 is 5.32 Å². The van der Waals surface area contributed by atoms with Gasteiger partial charge in [-0.1, -0.05) is 20.8 Å². The number of nitrogens with one attached hydrogen (secondary N) is 1. The van der Waals surface area contributed by atoms with Crippen molar-refractivity contribution in [2.24, 2.45) is 5.92 Å². The zero-order valence-electron chi connectivity index (χ0n) is 9.95. The summed E-state index contributed by atoms with van der Waals surface area (Å²) in [6.45, 7) is 5.10. The molecular weight excluding hydrogens is 210 g/mol. The first-order valence-electron chi connectivity index (χ1n) is 5.43. The van der Waals surface area contributed by atoms with Crippen LogP contribution in [0, 0.1) is 5.92 Å². The third-order valence-electron chi connectivity index (χ3n) is 2.25. The van der Waals surface area contributed by atoms with E-state index in [9.17, 15) is 14.4 Å². The van der Waals surface area contributed by atoms with Gasteiger partial charge in [-0.05, 0) is 6.42 Å². The van der Waals surface area contributed by atoms with E-state index in [1.54, 1.807) is 20.8 Å². The van der Waals surface area contributed by atoms with E-state index in [1.165, 1.54) is 0 Å². The molecule has 0 aromatic rings. The highest BCUT2D eigenvalue weighted by molar-refractivity contribution is 5.85. The first kappa shape index (κ1) is 14.6. The van der Waals surface area contributed by atoms with Gasteiger partial charge in [-0.25, -0.2) is 4.79 Å². The molecule has 0 saturated heterocycles. The fourth-order valence-electron chi connectivity index (χ4n) is 1.08. The molecule has 16 heavy (non-hydrogen) atoms. The average Bonchev–Trinajstić information content (AvgIpc) is 2.22. The maximum Gasteiger partial charge on any atom is 0.326 e. The van der Waals surface area contributed by atoms with Crippen LogP contribution in [-0.2, 0) is 14.4 Å². The Morgan fingerprint density at radius 1 is 1.25 bits per heavy atom. The van der Waals surface area contributed by atoms with Crippen molar-refractivity contribution in [3.05, 3.63) is 0 Å². The lowest BCUT2D eigenvalue weighted by Gasteiger charge is -2.15. The quantitative estimate of drug-likeness (QED) is 0.681. The Morgan fingerprint density at radius 3 is 2.19 bits per heavy atom. The molecule has 2 N–H and O–H groups in total. The minimum Gasteiger partial charge on any atom is -0.480 e. The van der Waals surface area contributed by atoms with Gasteiger partial charge in [0.2, 0.25) is 5.91 Å². The van der Waals surface area contributed by atoms with E-state index in [2.05, 4.69) is 5.32 Å². The second-order valence-electron chi connectivity index (χ2n) is 3.99. The second kappa shape index (κ2) is 6.98. The Kier molecular flexibility index (Phi) is 6.37. The van der Waals surface area contributed by atoms with Crippen LogP contribution in [0.2, 0.25) is 0 Å². The number of Topliss-reactive ketones (excluding diaryl/α,β-unsaturated/α-hetero) is 1. The number of carbonyl (C=O) groups excluding carboxylic acids is 2. The van der Waals surface area contributed by atoms with Crippen LogP contribution in [0.5, 0.6) is 0 Å². The molecule has 0 spiro atoms. The zero-order valence-corrected chi connectivity index (χ0v) is 9.95. The van der Waals surface area contributed by atoms with E-state index < -0.39 is 12.0 Å². The van der Waals surface area contributed by atoms with Crippen molar-refractivity contribution < 1.29 is 19.5 Å². The van der Waals surface area contributed by atoms with Crippen LogP contribution in [0.3, 0.4) is 0 Å². The van der Waals surface area contributed by atoms with Crippen molar-refractivity contribution >= 4 is 17.7 Å². The van der Waals surface area contributed by atoms with Crippen LogP contribution >= 0.6 is 0 Å². The van der Waals surface area contributed by atoms with Gasteiger partial charge in [0.1, 0.15) is 11.8 Å². The Bertz CT molecular complexity index is 273. The summed E-state index contributed by atoms with van der Waals surface area (Å²) in [6.07, 6.45) is 0.733. The zero-order chi connectivity index (χ0) is 12.7. The normalized spacial score (nSPS) is 12.2. The topological polar surface area (TPSA) is 83.5 Å². The highest BCUT2D eigenvalue weighted by Gasteiger charge is 2.21. The van der Waals surface area contributed by atoms with Gasteiger partial charge in [0.05, 0.1) is 0 Å². The summed E-state index contributed by atoms with van der Waals surface area (Å²) in [5, 5.41) is 11.3. The fourth-order valence-corrected chi connectivity index (χ4v) is 1.08. The third kappa shape index (κ3) is 5.48. The molecule has 0 bridgehead atoms. The average molecular weight is 229 g/mol. The SMILES string of the molecule is CCC(=O)CC[C@@H](NC(=O)C(C)C)C(=O)O. The molecule has 92 valence electrons. The predicted molar refractivity (Wildman–Crippen MR) is 58.9 cm³/mol. The first-order chi connectivity index (χ1) is 7.38. The van der Waals surface area contributed by atoms with Gasteiger partial charge < -0.3 is 10.4 Å². The maximum absolute atomic E-state index is 11.3. The lowest BCUT2D eigenvalue weighted by atomic mass is 10.1. The number of carbonyl (C=O) groups is 3. The number of rotatable bonds is 7. The Balaban J connectivity index is 4.24. The number of carboxylic acids is 1. The second-order valence-corrected chi connectivity index (χ2v) is 3.99. The van der Waals surface area contributed by atoms with Gasteiger partial charge in [-0.15, -0.1) is 0 Å².